The first kappa shape index (κ1) is 9.98. The molecule has 70 valence electrons. The van der Waals surface area contributed by atoms with Crippen LogP contribution in [0.1, 0.15) is 0 Å². The van der Waals surface area contributed by atoms with Gasteiger partial charge in [0.1, 0.15) is 0 Å². The minimum atomic E-state index is -5.17. The number of nitro benzene ring substituents is 1. The maximum absolute atomic E-state index is 10.8. The summed E-state index contributed by atoms with van der Waals surface area (Å²) in [5, 5.41) is 10.3. The Hall–Kier alpha value is -1.10. The Bertz CT molecular complexity index is 384. The molecular formula is C6H6AsNO5. The molecule has 1 aromatic rings. The molecule has 0 aliphatic carbocycles. The van der Waals surface area contributed by atoms with E-state index in [0.717, 1.165) is 12.1 Å². The van der Waals surface area contributed by atoms with Crippen LogP contribution in [0.5, 0.6) is 0 Å². The van der Waals surface area contributed by atoms with Crippen LogP contribution in [0.2, 0.25) is 0 Å². The molecule has 1 rings (SSSR count). The Balaban J connectivity index is 3.37. The zero-order valence-corrected chi connectivity index (χ0v) is 8.20. The molecule has 6 nitrogen and oxygen atoms in total. The summed E-state index contributed by atoms with van der Waals surface area (Å²) in [5.74, 6) is 0. The van der Waals surface area contributed by atoms with Crippen LogP contribution in [0, 0.1) is 10.1 Å². The first-order valence-electron chi connectivity index (χ1n) is 3.22. The number of nitro groups is 1. The van der Waals surface area contributed by atoms with Crippen molar-refractivity contribution in [2.75, 3.05) is 0 Å². The van der Waals surface area contributed by atoms with Crippen LogP contribution < -0.4 is 4.35 Å². The van der Waals surface area contributed by atoms with Crippen molar-refractivity contribution in [1.29, 1.82) is 0 Å². The molecule has 7 heteroatoms. The molecule has 0 aliphatic rings. The van der Waals surface area contributed by atoms with Gasteiger partial charge in [0.15, 0.2) is 0 Å². The van der Waals surface area contributed by atoms with Crippen molar-refractivity contribution in [3.63, 3.8) is 0 Å². The second kappa shape index (κ2) is 3.33. The fourth-order valence-corrected chi connectivity index (χ4v) is 2.41. The van der Waals surface area contributed by atoms with Crippen molar-refractivity contribution in [3.8, 4) is 0 Å². The molecule has 0 spiro atoms. The van der Waals surface area contributed by atoms with E-state index in [1.54, 1.807) is 0 Å². The van der Waals surface area contributed by atoms with Gasteiger partial charge in [0.05, 0.1) is 0 Å². The molecule has 0 amide bonds. The van der Waals surface area contributed by atoms with Crippen LogP contribution in [0.25, 0.3) is 0 Å². The van der Waals surface area contributed by atoms with Crippen LogP contribution >= 0.6 is 0 Å². The molecule has 0 unspecified atom stereocenters. The van der Waals surface area contributed by atoms with Crippen molar-refractivity contribution in [3.05, 3.63) is 34.4 Å². The van der Waals surface area contributed by atoms with Crippen molar-refractivity contribution in [2.45, 2.75) is 0 Å². The number of hydrogen-bond donors (Lipinski definition) is 2. The Kier molecular flexibility index (Phi) is 2.56. The maximum atomic E-state index is 10.8. The van der Waals surface area contributed by atoms with Crippen LogP contribution in [0.4, 0.5) is 5.69 Å². The van der Waals surface area contributed by atoms with E-state index in [0.29, 0.717) is 0 Å². The van der Waals surface area contributed by atoms with Gasteiger partial charge in [0, 0.05) is 0 Å². The van der Waals surface area contributed by atoms with E-state index in [4.69, 9.17) is 8.19 Å². The zero-order chi connectivity index (χ0) is 10.1. The van der Waals surface area contributed by atoms with Gasteiger partial charge in [0.25, 0.3) is 0 Å². The van der Waals surface area contributed by atoms with Gasteiger partial charge >= 0.3 is 75.4 Å². The summed E-state index contributed by atoms with van der Waals surface area (Å²) in [6.45, 7) is 0. The second-order valence-corrected chi connectivity index (χ2v) is 5.58. The number of para-hydroxylation sites is 1. The molecule has 0 atom stereocenters. The van der Waals surface area contributed by atoms with Crippen LogP contribution in [0.3, 0.4) is 0 Å². The van der Waals surface area contributed by atoms with Gasteiger partial charge in [-0.15, -0.1) is 0 Å². The molecule has 0 aromatic heterocycles. The monoisotopic (exact) mass is 247 g/mol. The van der Waals surface area contributed by atoms with Crippen LogP contribution in [-0.2, 0) is 3.74 Å². The molecule has 13 heavy (non-hydrogen) atoms. The molecule has 0 radical (unpaired) electrons. The summed E-state index contributed by atoms with van der Waals surface area (Å²) >= 11 is -5.17. The molecule has 0 aliphatic heterocycles. The van der Waals surface area contributed by atoms with E-state index >= 15 is 0 Å². The molecule has 1 aromatic carbocycles. The Morgan fingerprint density at radius 2 is 1.85 bits per heavy atom. The topological polar surface area (TPSA) is 101 Å². The van der Waals surface area contributed by atoms with Crippen molar-refractivity contribution in [1.82, 2.24) is 0 Å². The summed E-state index contributed by atoms with van der Waals surface area (Å²) in [6, 6.07) is 4.84. The molecule has 0 saturated heterocycles. The van der Waals surface area contributed by atoms with Crippen LogP contribution in [-0.4, -0.2) is 27.3 Å². The van der Waals surface area contributed by atoms with E-state index < -0.39 is 29.1 Å². The third kappa shape index (κ3) is 2.18. The predicted octanol–water partition coefficient (Wildman–Crippen LogP) is -0.844. The van der Waals surface area contributed by atoms with Gasteiger partial charge in [-0.05, 0) is 0 Å². The van der Waals surface area contributed by atoms with Crippen molar-refractivity contribution in [2.24, 2.45) is 0 Å². The Labute approximate surface area is 76.0 Å². The summed E-state index contributed by atoms with van der Waals surface area (Å²) in [6.07, 6.45) is 0. The molecule has 0 bridgehead atoms. The molecule has 0 fully saturated rings. The van der Waals surface area contributed by atoms with Gasteiger partial charge in [-0.1, -0.05) is 0 Å². The minimum absolute atomic E-state index is 0.495. The average molecular weight is 247 g/mol. The van der Waals surface area contributed by atoms with E-state index in [2.05, 4.69) is 0 Å². The third-order valence-electron chi connectivity index (χ3n) is 1.39. The zero-order valence-electron chi connectivity index (χ0n) is 6.32. The normalized spacial score (nSPS) is 11.2. The van der Waals surface area contributed by atoms with Crippen molar-refractivity contribution >= 4 is 24.2 Å². The summed E-state index contributed by atoms with van der Waals surface area (Å²) in [7, 11) is 0. The van der Waals surface area contributed by atoms with Gasteiger partial charge in [-0.3, -0.25) is 0 Å². The first-order chi connectivity index (χ1) is 5.93. The van der Waals surface area contributed by atoms with Gasteiger partial charge < -0.3 is 0 Å². The van der Waals surface area contributed by atoms with E-state index in [1.807, 2.05) is 0 Å². The number of benzene rings is 1. The SMILES string of the molecule is O=[N+]([O-])c1ccccc1[As](=O)(O)O. The summed E-state index contributed by atoms with van der Waals surface area (Å²) < 4.78 is 27.9. The second-order valence-electron chi connectivity index (χ2n) is 2.29. The van der Waals surface area contributed by atoms with Crippen LogP contribution in [0.15, 0.2) is 24.3 Å². The summed E-state index contributed by atoms with van der Waals surface area (Å²) in [5.41, 5.74) is -0.532. The molecule has 2 N–H and O–H groups in total. The number of hydrogen-bond acceptors (Lipinski definition) is 3. The third-order valence-corrected chi connectivity index (χ3v) is 3.50. The number of nitrogens with zero attached hydrogens (tertiary/aromatic N) is 1. The van der Waals surface area contributed by atoms with Crippen molar-refractivity contribution < 1.29 is 16.9 Å². The van der Waals surface area contributed by atoms with Gasteiger partial charge in [-0.2, -0.15) is 0 Å². The molecule has 0 saturated carbocycles. The average Bonchev–Trinajstić information content (AvgIpc) is 2.03. The van der Waals surface area contributed by atoms with E-state index in [1.165, 1.54) is 12.1 Å². The molecule has 0 heterocycles. The fourth-order valence-electron chi connectivity index (χ4n) is 0.865. The van der Waals surface area contributed by atoms with Gasteiger partial charge in [0.2, 0.25) is 0 Å². The predicted molar refractivity (Wildman–Crippen MR) is 43.6 cm³/mol. The van der Waals surface area contributed by atoms with Gasteiger partial charge in [-0.25, -0.2) is 0 Å². The molecular weight excluding hydrogens is 241 g/mol. The number of rotatable bonds is 2. The standard InChI is InChI=1S/C6H6AsNO5/c9-7(10,11)5-3-1-2-4-6(5)8(12)13/h1-4H,(H2,9,10,11). The Morgan fingerprint density at radius 3 is 2.23 bits per heavy atom. The van der Waals surface area contributed by atoms with E-state index in [-0.39, 0.29) is 0 Å². The summed E-state index contributed by atoms with van der Waals surface area (Å²) in [4.78, 5) is 9.53. The van der Waals surface area contributed by atoms with E-state index in [9.17, 15) is 13.9 Å². The quantitative estimate of drug-likeness (QED) is 0.403. The Morgan fingerprint density at radius 1 is 1.31 bits per heavy atom. The fraction of sp³-hybridized carbons (Fsp3) is 0. The first-order valence-corrected chi connectivity index (χ1v) is 6.61.